The lowest BCUT2D eigenvalue weighted by molar-refractivity contribution is 0.208. The number of ether oxygens (including phenoxy) is 1. The number of aryl methyl sites for hydroxylation is 1. The number of hydrogen-bond acceptors (Lipinski definition) is 3. The van der Waals surface area contributed by atoms with E-state index in [1.807, 2.05) is 55.5 Å². The number of carbonyl (C=O) groups is 1. The van der Waals surface area contributed by atoms with Crippen molar-refractivity contribution in [3.8, 4) is 11.5 Å². The van der Waals surface area contributed by atoms with Crippen molar-refractivity contribution in [2.24, 2.45) is 5.92 Å². The van der Waals surface area contributed by atoms with Gasteiger partial charge in [0, 0.05) is 25.6 Å². The van der Waals surface area contributed by atoms with Gasteiger partial charge in [-0.3, -0.25) is 0 Å². The van der Waals surface area contributed by atoms with Gasteiger partial charge >= 0.3 is 6.03 Å². The van der Waals surface area contributed by atoms with Gasteiger partial charge in [-0.2, -0.15) is 0 Å². The average Bonchev–Trinajstić information content (AvgIpc) is 3.07. The number of likely N-dealkylation sites (tertiary alicyclic amines) is 1. The van der Waals surface area contributed by atoms with Gasteiger partial charge in [0.1, 0.15) is 5.75 Å². The molecule has 0 spiro atoms. The fourth-order valence-electron chi connectivity index (χ4n) is 2.81. The number of aliphatic hydroxyl groups excluding tert-OH is 1. The van der Waals surface area contributed by atoms with Crippen LogP contribution in [0.5, 0.6) is 11.5 Å². The Morgan fingerprint density at radius 3 is 2.79 bits per heavy atom. The summed E-state index contributed by atoms with van der Waals surface area (Å²) in [5, 5.41) is 12.2. The van der Waals surface area contributed by atoms with Gasteiger partial charge in [0.15, 0.2) is 5.75 Å². The number of nitrogens with zero attached hydrogens (tertiary/aromatic N) is 1. The second kappa shape index (κ2) is 7.36. The van der Waals surface area contributed by atoms with Crippen LogP contribution in [0.25, 0.3) is 0 Å². The molecule has 5 heteroatoms. The summed E-state index contributed by atoms with van der Waals surface area (Å²) in [7, 11) is 0. The van der Waals surface area contributed by atoms with E-state index in [1.165, 1.54) is 0 Å². The standard InChI is InChI=1S/C19H22N2O3/c1-14-7-8-18(24-16-5-3-2-4-6-16)17(11-14)20-19(23)21-10-9-15(12-21)13-22/h2-8,11,15,22H,9-10,12-13H2,1H3,(H,20,23). The molecule has 1 atom stereocenters. The number of para-hydroxylation sites is 1. The number of hydrogen-bond donors (Lipinski definition) is 2. The summed E-state index contributed by atoms with van der Waals surface area (Å²) in [4.78, 5) is 14.2. The zero-order valence-electron chi connectivity index (χ0n) is 13.7. The van der Waals surface area contributed by atoms with Crippen LogP contribution in [0.2, 0.25) is 0 Å². The zero-order valence-corrected chi connectivity index (χ0v) is 13.7. The van der Waals surface area contributed by atoms with Crippen molar-refractivity contribution in [2.45, 2.75) is 13.3 Å². The Labute approximate surface area is 141 Å². The summed E-state index contributed by atoms with van der Waals surface area (Å²) in [5.41, 5.74) is 1.69. The van der Waals surface area contributed by atoms with E-state index in [9.17, 15) is 9.90 Å². The van der Waals surface area contributed by atoms with E-state index in [0.717, 1.165) is 17.7 Å². The van der Waals surface area contributed by atoms with Crippen molar-refractivity contribution in [2.75, 3.05) is 25.0 Å². The molecule has 1 unspecified atom stereocenters. The Kier molecular flexibility index (Phi) is 5.01. The van der Waals surface area contributed by atoms with E-state index >= 15 is 0 Å². The van der Waals surface area contributed by atoms with Gasteiger partial charge in [0.2, 0.25) is 0 Å². The Bertz CT molecular complexity index is 703. The molecule has 24 heavy (non-hydrogen) atoms. The zero-order chi connectivity index (χ0) is 16.9. The fraction of sp³-hybridized carbons (Fsp3) is 0.316. The van der Waals surface area contributed by atoms with Gasteiger partial charge in [-0.15, -0.1) is 0 Å². The van der Waals surface area contributed by atoms with Crippen LogP contribution >= 0.6 is 0 Å². The Balaban J connectivity index is 1.75. The molecule has 1 heterocycles. The first-order valence-corrected chi connectivity index (χ1v) is 8.16. The smallest absolute Gasteiger partial charge is 0.321 e. The van der Waals surface area contributed by atoms with E-state index in [1.54, 1.807) is 4.90 Å². The maximum absolute atomic E-state index is 12.5. The quantitative estimate of drug-likeness (QED) is 0.902. The van der Waals surface area contributed by atoms with Gasteiger partial charge < -0.3 is 20.1 Å². The maximum Gasteiger partial charge on any atom is 0.321 e. The Hall–Kier alpha value is -2.53. The van der Waals surface area contributed by atoms with Crippen LogP contribution in [-0.2, 0) is 0 Å². The molecular formula is C19H22N2O3. The number of carbonyl (C=O) groups excluding carboxylic acids is 1. The molecule has 3 rings (SSSR count). The lowest BCUT2D eigenvalue weighted by Gasteiger charge is -2.19. The third kappa shape index (κ3) is 3.86. The number of aliphatic hydroxyl groups is 1. The molecule has 5 nitrogen and oxygen atoms in total. The molecule has 1 aliphatic heterocycles. The molecule has 1 aliphatic rings. The predicted molar refractivity (Wildman–Crippen MR) is 93.5 cm³/mol. The molecule has 0 radical (unpaired) electrons. The van der Waals surface area contributed by atoms with Crippen molar-refractivity contribution in [3.05, 3.63) is 54.1 Å². The van der Waals surface area contributed by atoms with Gasteiger partial charge in [0.25, 0.3) is 0 Å². The molecule has 1 saturated heterocycles. The summed E-state index contributed by atoms with van der Waals surface area (Å²) in [6.45, 7) is 3.34. The van der Waals surface area contributed by atoms with Crippen molar-refractivity contribution >= 4 is 11.7 Å². The van der Waals surface area contributed by atoms with Gasteiger partial charge in [-0.25, -0.2) is 4.79 Å². The molecule has 0 saturated carbocycles. The highest BCUT2D eigenvalue weighted by molar-refractivity contribution is 5.91. The van der Waals surface area contributed by atoms with Crippen LogP contribution in [0.1, 0.15) is 12.0 Å². The average molecular weight is 326 g/mol. The molecule has 2 N–H and O–H groups in total. The van der Waals surface area contributed by atoms with Crippen molar-refractivity contribution in [1.82, 2.24) is 4.90 Å². The number of benzene rings is 2. The lowest BCUT2D eigenvalue weighted by Crippen LogP contribution is -2.33. The molecule has 2 aromatic rings. The second-order valence-corrected chi connectivity index (χ2v) is 6.13. The third-order valence-electron chi connectivity index (χ3n) is 4.18. The normalized spacial score (nSPS) is 16.9. The first-order chi connectivity index (χ1) is 11.7. The summed E-state index contributed by atoms with van der Waals surface area (Å²) in [6, 6.07) is 15.0. The maximum atomic E-state index is 12.5. The molecule has 2 aromatic carbocycles. The highest BCUT2D eigenvalue weighted by atomic mass is 16.5. The van der Waals surface area contributed by atoms with E-state index in [-0.39, 0.29) is 18.6 Å². The number of urea groups is 1. The van der Waals surface area contributed by atoms with Crippen molar-refractivity contribution in [3.63, 3.8) is 0 Å². The van der Waals surface area contributed by atoms with Crippen molar-refractivity contribution in [1.29, 1.82) is 0 Å². The summed E-state index contributed by atoms with van der Waals surface area (Å²) in [5.74, 6) is 1.50. The monoisotopic (exact) mass is 326 g/mol. The van der Waals surface area contributed by atoms with E-state index in [2.05, 4.69) is 5.32 Å². The highest BCUT2D eigenvalue weighted by Crippen LogP contribution is 2.31. The SMILES string of the molecule is Cc1ccc(Oc2ccccc2)c(NC(=O)N2CCC(CO)C2)c1. The van der Waals surface area contributed by atoms with Crippen LogP contribution in [-0.4, -0.2) is 35.7 Å². The Morgan fingerprint density at radius 2 is 2.08 bits per heavy atom. The molecule has 0 aliphatic carbocycles. The first kappa shape index (κ1) is 16.3. The number of nitrogens with one attached hydrogen (secondary N) is 1. The molecule has 0 bridgehead atoms. The molecule has 126 valence electrons. The van der Waals surface area contributed by atoms with Crippen molar-refractivity contribution < 1.29 is 14.6 Å². The summed E-state index contributed by atoms with van der Waals surface area (Å²) < 4.78 is 5.90. The van der Waals surface area contributed by atoms with Crippen LogP contribution in [0, 0.1) is 12.8 Å². The summed E-state index contributed by atoms with van der Waals surface area (Å²) >= 11 is 0. The van der Waals surface area contributed by atoms with Crippen LogP contribution < -0.4 is 10.1 Å². The number of anilines is 1. The second-order valence-electron chi connectivity index (χ2n) is 6.13. The minimum Gasteiger partial charge on any atom is -0.455 e. The fourth-order valence-corrected chi connectivity index (χ4v) is 2.81. The third-order valence-corrected chi connectivity index (χ3v) is 4.18. The Morgan fingerprint density at radius 1 is 1.29 bits per heavy atom. The van der Waals surface area contributed by atoms with E-state index in [4.69, 9.17) is 4.74 Å². The first-order valence-electron chi connectivity index (χ1n) is 8.16. The highest BCUT2D eigenvalue weighted by Gasteiger charge is 2.26. The number of rotatable bonds is 4. The van der Waals surface area contributed by atoms with Crippen LogP contribution in [0.15, 0.2) is 48.5 Å². The molecule has 1 fully saturated rings. The minimum atomic E-state index is -0.158. The molecule has 0 aromatic heterocycles. The topological polar surface area (TPSA) is 61.8 Å². The predicted octanol–water partition coefficient (Wildman–Crippen LogP) is 3.63. The lowest BCUT2D eigenvalue weighted by atomic mass is 10.1. The largest absolute Gasteiger partial charge is 0.455 e. The minimum absolute atomic E-state index is 0.122. The summed E-state index contributed by atoms with van der Waals surface area (Å²) in [6.07, 6.45) is 0.838. The van der Waals surface area contributed by atoms with Gasteiger partial charge in [-0.1, -0.05) is 24.3 Å². The van der Waals surface area contributed by atoms with Crippen LogP contribution in [0.3, 0.4) is 0 Å². The van der Waals surface area contributed by atoms with E-state index < -0.39 is 0 Å². The molecular weight excluding hydrogens is 304 g/mol. The van der Waals surface area contributed by atoms with Gasteiger partial charge in [-0.05, 0) is 43.2 Å². The van der Waals surface area contributed by atoms with E-state index in [0.29, 0.717) is 24.5 Å². The van der Waals surface area contributed by atoms with Crippen LogP contribution in [0.4, 0.5) is 10.5 Å². The molecule has 2 amide bonds. The number of amides is 2. The van der Waals surface area contributed by atoms with Gasteiger partial charge in [0.05, 0.1) is 5.69 Å².